The van der Waals surface area contributed by atoms with E-state index in [0.717, 1.165) is 31.5 Å². The van der Waals surface area contributed by atoms with Crippen LogP contribution in [0.3, 0.4) is 0 Å². The smallest absolute Gasteiger partial charge is 0.168 e. The van der Waals surface area contributed by atoms with Gasteiger partial charge >= 0.3 is 0 Å². The van der Waals surface area contributed by atoms with E-state index in [2.05, 4.69) is 12.2 Å². The van der Waals surface area contributed by atoms with E-state index in [1.807, 2.05) is 12.1 Å². The van der Waals surface area contributed by atoms with Crippen LogP contribution in [0.1, 0.15) is 38.2 Å². The number of hydrogen-bond acceptors (Lipinski definition) is 2. The van der Waals surface area contributed by atoms with E-state index in [0.29, 0.717) is 5.75 Å². The summed E-state index contributed by atoms with van der Waals surface area (Å²) in [5.41, 5.74) is 1.04. The van der Waals surface area contributed by atoms with Gasteiger partial charge in [0.05, 0.1) is 7.11 Å². The lowest BCUT2D eigenvalue weighted by atomic mass is 9.65. The fraction of sp³-hybridized carbons (Fsp3) is 0.625. The zero-order valence-electron chi connectivity index (χ0n) is 12.0. The molecule has 3 heteroatoms. The van der Waals surface area contributed by atoms with Gasteiger partial charge in [0.15, 0.2) is 11.6 Å². The predicted molar refractivity (Wildman–Crippen MR) is 76.1 cm³/mol. The van der Waals surface area contributed by atoms with Crippen molar-refractivity contribution in [1.29, 1.82) is 0 Å². The van der Waals surface area contributed by atoms with Crippen LogP contribution in [-0.2, 0) is 6.42 Å². The Bertz CT molecular complexity index is 415. The second kappa shape index (κ2) is 6.38. The van der Waals surface area contributed by atoms with Gasteiger partial charge in [0.2, 0.25) is 0 Å². The van der Waals surface area contributed by atoms with Crippen LogP contribution in [-0.4, -0.2) is 20.2 Å². The summed E-state index contributed by atoms with van der Waals surface area (Å²) in [6, 6.07) is 5.45. The highest BCUT2D eigenvalue weighted by Crippen LogP contribution is 2.44. The molecule has 0 aromatic heterocycles. The minimum absolute atomic E-state index is 0.188. The van der Waals surface area contributed by atoms with Gasteiger partial charge < -0.3 is 10.1 Å². The molecule has 0 unspecified atom stereocenters. The van der Waals surface area contributed by atoms with Crippen LogP contribution in [0.5, 0.6) is 5.75 Å². The van der Waals surface area contributed by atoms with Gasteiger partial charge in [-0.3, -0.25) is 0 Å². The number of halogens is 1. The molecule has 0 saturated heterocycles. The largest absolute Gasteiger partial charge is 0.494 e. The molecule has 1 aromatic carbocycles. The number of nitrogens with one attached hydrogen (secondary N) is 1. The van der Waals surface area contributed by atoms with Crippen LogP contribution in [0, 0.1) is 11.2 Å². The predicted octanol–water partition coefficient (Wildman–Crippen LogP) is 3.55. The molecule has 2 nitrogen and oxygen atoms in total. The third kappa shape index (κ3) is 3.27. The Labute approximate surface area is 115 Å². The van der Waals surface area contributed by atoms with Crippen molar-refractivity contribution in [3.8, 4) is 5.75 Å². The highest BCUT2D eigenvalue weighted by Gasteiger charge is 2.37. The second-order valence-corrected chi connectivity index (χ2v) is 5.64. The van der Waals surface area contributed by atoms with Crippen molar-refractivity contribution in [1.82, 2.24) is 5.32 Å². The zero-order valence-corrected chi connectivity index (χ0v) is 12.0. The molecule has 1 aromatic rings. The van der Waals surface area contributed by atoms with Crippen molar-refractivity contribution in [3.63, 3.8) is 0 Å². The van der Waals surface area contributed by atoms with Crippen molar-refractivity contribution in [2.75, 3.05) is 20.2 Å². The third-order valence-electron chi connectivity index (χ3n) is 4.17. The summed E-state index contributed by atoms with van der Waals surface area (Å²) >= 11 is 0. The molecular weight excluding hydrogens is 241 g/mol. The molecule has 0 atom stereocenters. The van der Waals surface area contributed by atoms with Gasteiger partial charge in [-0.15, -0.1) is 0 Å². The van der Waals surface area contributed by atoms with Crippen LogP contribution >= 0.6 is 0 Å². The number of ether oxygens (including phenoxy) is 1. The van der Waals surface area contributed by atoms with E-state index in [-0.39, 0.29) is 11.2 Å². The molecule has 1 saturated carbocycles. The van der Waals surface area contributed by atoms with E-state index in [9.17, 15) is 4.39 Å². The maximum Gasteiger partial charge on any atom is 0.168 e. The highest BCUT2D eigenvalue weighted by atomic mass is 19.1. The molecule has 1 aliphatic rings. The molecule has 106 valence electrons. The number of rotatable bonds is 7. The Balaban J connectivity index is 2.06. The molecule has 1 fully saturated rings. The fourth-order valence-corrected chi connectivity index (χ4v) is 2.88. The van der Waals surface area contributed by atoms with Crippen molar-refractivity contribution < 1.29 is 9.13 Å². The van der Waals surface area contributed by atoms with Crippen molar-refractivity contribution in [2.45, 2.75) is 39.0 Å². The average molecular weight is 265 g/mol. The Hall–Kier alpha value is -1.09. The molecule has 0 bridgehead atoms. The normalized spacial score (nSPS) is 17.0. The third-order valence-corrected chi connectivity index (χ3v) is 4.17. The first-order chi connectivity index (χ1) is 9.21. The molecule has 0 spiro atoms. The first-order valence-corrected chi connectivity index (χ1v) is 7.23. The zero-order chi connectivity index (χ0) is 13.7. The fourth-order valence-electron chi connectivity index (χ4n) is 2.88. The van der Waals surface area contributed by atoms with Gasteiger partial charge in [-0.1, -0.05) is 25.5 Å². The number of methoxy groups -OCH3 is 1. The van der Waals surface area contributed by atoms with Crippen molar-refractivity contribution in [3.05, 3.63) is 29.6 Å². The topological polar surface area (TPSA) is 21.3 Å². The minimum Gasteiger partial charge on any atom is -0.494 e. The van der Waals surface area contributed by atoms with Crippen LogP contribution in [0.15, 0.2) is 18.2 Å². The summed E-state index contributed by atoms with van der Waals surface area (Å²) in [5.74, 6) is 0.167. The Morgan fingerprint density at radius 3 is 2.74 bits per heavy atom. The SMILES string of the molecule is CCCNCC1(Cc2cccc(OC)c2F)CCC1. The molecule has 1 aliphatic carbocycles. The molecule has 2 rings (SSSR count). The van der Waals surface area contributed by atoms with Crippen LogP contribution in [0.25, 0.3) is 0 Å². The molecule has 0 heterocycles. The second-order valence-electron chi connectivity index (χ2n) is 5.64. The van der Waals surface area contributed by atoms with Crippen LogP contribution in [0.4, 0.5) is 4.39 Å². The maximum atomic E-state index is 14.2. The summed E-state index contributed by atoms with van der Waals surface area (Å²) in [7, 11) is 1.52. The Morgan fingerprint density at radius 1 is 1.37 bits per heavy atom. The van der Waals surface area contributed by atoms with E-state index < -0.39 is 0 Å². The molecule has 19 heavy (non-hydrogen) atoms. The average Bonchev–Trinajstić information content (AvgIpc) is 2.38. The summed E-state index contributed by atoms with van der Waals surface area (Å²) in [6.07, 6.45) is 5.61. The lowest BCUT2D eigenvalue weighted by Crippen LogP contribution is -2.42. The quantitative estimate of drug-likeness (QED) is 0.761. The van der Waals surface area contributed by atoms with Gasteiger partial charge in [-0.2, -0.15) is 0 Å². The summed E-state index contributed by atoms with van der Waals surface area (Å²) in [5, 5.41) is 3.49. The van der Waals surface area contributed by atoms with E-state index in [1.54, 1.807) is 6.07 Å². The van der Waals surface area contributed by atoms with Crippen LogP contribution in [0.2, 0.25) is 0 Å². The summed E-state index contributed by atoms with van der Waals surface area (Å²) in [6.45, 7) is 4.21. The van der Waals surface area contributed by atoms with Crippen molar-refractivity contribution >= 4 is 0 Å². The number of hydrogen-bond donors (Lipinski definition) is 1. The maximum absolute atomic E-state index is 14.2. The molecule has 1 N–H and O–H groups in total. The summed E-state index contributed by atoms with van der Waals surface area (Å²) in [4.78, 5) is 0. The molecular formula is C16H24FNO. The lowest BCUT2D eigenvalue weighted by Gasteiger charge is -2.42. The van der Waals surface area contributed by atoms with E-state index in [1.165, 1.54) is 26.4 Å². The van der Waals surface area contributed by atoms with Crippen LogP contribution < -0.4 is 10.1 Å². The Kier molecular flexibility index (Phi) is 4.81. The molecule has 0 radical (unpaired) electrons. The standard InChI is InChI=1S/C16H24FNO/c1-3-10-18-12-16(8-5-9-16)11-13-6-4-7-14(19-2)15(13)17/h4,6-7,18H,3,5,8-12H2,1-2H3. The number of benzene rings is 1. The highest BCUT2D eigenvalue weighted by molar-refractivity contribution is 5.32. The van der Waals surface area contributed by atoms with Crippen molar-refractivity contribution in [2.24, 2.45) is 5.41 Å². The first kappa shape index (κ1) is 14.3. The minimum atomic E-state index is -0.188. The summed E-state index contributed by atoms with van der Waals surface area (Å²) < 4.78 is 19.3. The van der Waals surface area contributed by atoms with Gasteiger partial charge in [0.1, 0.15) is 0 Å². The van der Waals surface area contributed by atoms with Gasteiger partial charge in [-0.05, 0) is 49.3 Å². The van der Waals surface area contributed by atoms with E-state index >= 15 is 0 Å². The van der Waals surface area contributed by atoms with Gasteiger partial charge in [-0.25, -0.2) is 4.39 Å². The molecule has 0 amide bonds. The van der Waals surface area contributed by atoms with E-state index in [4.69, 9.17) is 4.74 Å². The Morgan fingerprint density at radius 2 is 2.16 bits per heavy atom. The van der Waals surface area contributed by atoms with Gasteiger partial charge in [0, 0.05) is 6.54 Å². The first-order valence-electron chi connectivity index (χ1n) is 7.23. The van der Waals surface area contributed by atoms with Gasteiger partial charge in [0.25, 0.3) is 0 Å². The lowest BCUT2D eigenvalue weighted by molar-refractivity contribution is 0.129. The molecule has 0 aliphatic heterocycles. The monoisotopic (exact) mass is 265 g/mol.